The fourth-order valence-electron chi connectivity index (χ4n) is 1.45. The first-order valence-corrected chi connectivity index (χ1v) is 5.76. The van der Waals surface area contributed by atoms with Crippen LogP contribution in [0.25, 0.3) is 0 Å². The SMILES string of the molecule is C[C@@H]1CC(S(C)(=O)=O)CN1C. The minimum absolute atomic E-state index is 0.137. The highest BCUT2D eigenvalue weighted by atomic mass is 32.2. The first-order valence-electron chi connectivity index (χ1n) is 3.80. The molecule has 0 N–H and O–H groups in total. The summed E-state index contributed by atoms with van der Waals surface area (Å²) in [5.74, 6) is 0. The van der Waals surface area contributed by atoms with Gasteiger partial charge in [-0.25, -0.2) is 8.42 Å². The molecule has 4 heteroatoms. The maximum absolute atomic E-state index is 11.1. The molecule has 1 aliphatic heterocycles. The monoisotopic (exact) mass is 177 g/mol. The van der Waals surface area contributed by atoms with Crippen LogP contribution >= 0.6 is 0 Å². The molecule has 0 aromatic rings. The molecule has 66 valence electrons. The first kappa shape index (κ1) is 9.00. The fourth-order valence-corrected chi connectivity index (χ4v) is 2.58. The van der Waals surface area contributed by atoms with Crippen molar-refractivity contribution in [3.63, 3.8) is 0 Å². The van der Waals surface area contributed by atoms with Crippen LogP contribution < -0.4 is 0 Å². The van der Waals surface area contributed by atoms with E-state index in [1.165, 1.54) is 6.26 Å². The van der Waals surface area contributed by atoms with Gasteiger partial charge in [0.05, 0.1) is 5.25 Å². The molecule has 1 heterocycles. The van der Waals surface area contributed by atoms with Crippen LogP contribution in [0.5, 0.6) is 0 Å². The van der Waals surface area contributed by atoms with Gasteiger partial charge >= 0.3 is 0 Å². The van der Waals surface area contributed by atoms with Crippen molar-refractivity contribution in [2.45, 2.75) is 24.6 Å². The topological polar surface area (TPSA) is 37.4 Å². The molecule has 1 unspecified atom stereocenters. The zero-order chi connectivity index (χ0) is 8.65. The van der Waals surface area contributed by atoms with Gasteiger partial charge in [0.25, 0.3) is 0 Å². The molecule has 1 fully saturated rings. The van der Waals surface area contributed by atoms with Gasteiger partial charge in [-0.2, -0.15) is 0 Å². The molecule has 1 rings (SSSR count). The molecule has 0 saturated carbocycles. The molecule has 11 heavy (non-hydrogen) atoms. The highest BCUT2D eigenvalue weighted by Gasteiger charge is 2.32. The van der Waals surface area contributed by atoms with Gasteiger partial charge in [0, 0.05) is 18.8 Å². The van der Waals surface area contributed by atoms with Gasteiger partial charge < -0.3 is 4.90 Å². The number of sulfone groups is 1. The van der Waals surface area contributed by atoms with Crippen molar-refractivity contribution in [3.05, 3.63) is 0 Å². The smallest absolute Gasteiger partial charge is 0.151 e. The Morgan fingerprint density at radius 1 is 1.45 bits per heavy atom. The van der Waals surface area contributed by atoms with Crippen molar-refractivity contribution >= 4 is 9.84 Å². The summed E-state index contributed by atoms with van der Waals surface area (Å²) in [5, 5.41) is -0.137. The van der Waals surface area contributed by atoms with Crippen molar-refractivity contribution in [1.29, 1.82) is 0 Å². The molecule has 0 bridgehead atoms. The Labute approximate surface area is 68.3 Å². The standard InChI is InChI=1S/C7H15NO2S/c1-6-4-7(5-8(6)2)11(3,9)10/h6-7H,4-5H2,1-3H3/t6-,7?/m1/s1. The van der Waals surface area contributed by atoms with E-state index < -0.39 is 9.84 Å². The molecule has 2 atom stereocenters. The van der Waals surface area contributed by atoms with Gasteiger partial charge in [-0.15, -0.1) is 0 Å². The maximum Gasteiger partial charge on any atom is 0.151 e. The molecular weight excluding hydrogens is 162 g/mol. The number of nitrogens with zero attached hydrogens (tertiary/aromatic N) is 1. The van der Waals surface area contributed by atoms with E-state index in [2.05, 4.69) is 11.8 Å². The van der Waals surface area contributed by atoms with Crippen LogP contribution in [-0.4, -0.2) is 44.5 Å². The van der Waals surface area contributed by atoms with Gasteiger partial charge in [0.15, 0.2) is 9.84 Å². The molecule has 1 saturated heterocycles. The van der Waals surface area contributed by atoms with Gasteiger partial charge in [0.1, 0.15) is 0 Å². The third-order valence-corrected chi connectivity index (χ3v) is 4.01. The Kier molecular flexibility index (Phi) is 2.25. The van der Waals surface area contributed by atoms with E-state index in [1.54, 1.807) is 0 Å². The minimum Gasteiger partial charge on any atom is -0.302 e. The molecule has 0 aromatic carbocycles. The highest BCUT2D eigenvalue weighted by Crippen LogP contribution is 2.20. The first-order chi connectivity index (χ1) is 4.91. The van der Waals surface area contributed by atoms with Crippen molar-refractivity contribution in [1.82, 2.24) is 4.90 Å². The molecule has 0 aliphatic carbocycles. The molecule has 1 aliphatic rings. The fraction of sp³-hybridized carbons (Fsp3) is 1.00. The lowest BCUT2D eigenvalue weighted by molar-refractivity contribution is 0.331. The zero-order valence-corrected chi connectivity index (χ0v) is 8.06. The van der Waals surface area contributed by atoms with Gasteiger partial charge in [-0.1, -0.05) is 0 Å². The van der Waals surface area contributed by atoms with E-state index in [0.717, 1.165) is 6.42 Å². The van der Waals surface area contributed by atoms with Crippen LogP contribution in [0.1, 0.15) is 13.3 Å². The van der Waals surface area contributed by atoms with E-state index in [4.69, 9.17) is 0 Å². The van der Waals surface area contributed by atoms with E-state index >= 15 is 0 Å². The summed E-state index contributed by atoms with van der Waals surface area (Å²) in [5.41, 5.74) is 0. The minimum atomic E-state index is -2.81. The average molecular weight is 177 g/mol. The number of hydrogen-bond acceptors (Lipinski definition) is 3. The van der Waals surface area contributed by atoms with Crippen LogP contribution in [0, 0.1) is 0 Å². The van der Waals surface area contributed by atoms with E-state index in [1.807, 2.05) is 7.05 Å². The third kappa shape index (κ3) is 1.93. The summed E-state index contributed by atoms with van der Waals surface area (Å²) >= 11 is 0. The molecule has 0 radical (unpaired) electrons. The van der Waals surface area contributed by atoms with E-state index in [9.17, 15) is 8.42 Å². The lowest BCUT2D eigenvalue weighted by atomic mass is 10.2. The molecular formula is C7H15NO2S. The normalized spacial score (nSPS) is 34.5. The second kappa shape index (κ2) is 2.75. The largest absolute Gasteiger partial charge is 0.302 e. The Bertz CT molecular complexity index is 225. The quantitative estimate of drug-likeness (QED) is 0.571. The van der Waals surface area contributed by atoms with E-state index in [0.29, 0.717) is 12.6 Å². The Morgan fingerprint density at radius 3 is 2.18 bits per heavy atom. The summed E-state index contributed by atoms with van der Waals surface area (Å²) in [6, 6.07) is 0.412. The Morgan fingerprint density at radius 2 is 2.00 bits per heavy atom. The number of rotatable bonds is 1. The summed E-state index contributed by atoms with van der Waals surface area (Å²) in [6.45, 7) is 2.76. The highest BCUT2D eigenvalue weighted by molar-refractivity contribution is 7.91. The van der Waals surface area contributed by atoms with Gasteiger partial charge in [0.2, 0.25) is 0 Å². The average Bonchev–Trinajstić information content (AvgIpc) is 2.11. The molecule has 0 spiro atoms. The summed E-state index contributed by atoms with van der Waals surface area (Å²) in [6.07, 6.45) is 2.11. The Balaban J connectivity index is 2.69. The van der Waals surface area contributed by atoms with Gasteiger partial charge in [-0.3, -0.25) is 0 Å². The van der Waals surface area contributed by atoms with Crippen LogP contribution in [0.2, 0.25) is 0 Å². The second-order valence-corrected chi connectivity index (χ2v) is 5.80. The molecule has 3 nitrogen and oxygen atoms in total. The predicted molar refractivity (Wildman–Crippen MR) is 45.3 cm³/mol. The van der Waals surface area contributed by atoms with Crippen molar-refractivity contribution in [2.24, 2.45) is 0 Å². The lowest BCUT2D eigenvalue weighted by Gasteiger charge is -2.12. The molecule has 0 amide bonds. The second-order valence-electron chi connectivity index (χ2n) is 3.48. The third-order valence-electron chi connectivity index (χ3n) is 2.45. The summed E-state index contributed by atoms with van der Waals surface area (Å²) < 4.78 is 22.2. The Hall–Kier alpha value is -0.0900. The summed E-state index contributed by atoms with van der Waals surface area (Å²) in [4.78, 5) is 2.09. The van der Waals surface area contributed by atoms with Crippen LogP contribution in [0.4, 0.5) is 0 Å². The van der Waals surface area contributed by atoms with Crippen LogP contribution in [0.3, 0.4) is 0 Å². The lowest BCUT2D eigenvalue weighted by Crippen LogP contribution is -2.24. The van der Waals surface area contributed by atoms with Gasteiger partial charge in [-0.05, 0) is 20.4 Å². The maximum atomic E-state index is 11.1. The summed E-state index contributed by atoms with van der Waals surface area (Å²) in [7, 11) is -0.842. The molecule has 0 aromatic heterocycles. The zero-order valence-electron chi connectivity index (χ0n) is 7.24. The van der Waals surface area contributed by atoms with Crippen molar-refractivity contribution in [2.75, 3.05) is 19.8 Å². The number of likely N-dealkylation sites (tertiary alicyclic amines) is 1. The van der Waals surface area contributed by atoms with Crippen LogP contribution in [-0.2, 0) is 9.84 Å². The van der Waals surface area contributed by atoms with Crippen molar-refractivity contribution in [3.8, 4) is 0 Å². The number of hydrogen-bond donors (Lipinski definition) is 0. The predicted octanol–water partition coefficient (Wildman–Crippen LogP) is 0.124. The van der Waals surface area contributed by atoms with E-state index in [-0.39, 0.29) is 5.25 Å². The van der Waals surface area contributed by atoms with Crippen LogP contribution in [0.15, 0.2) is 0 Å². The van der Waals surface area contributed by atoms with Crippen molar-refractivity contribution < 1.29 is 8.42 Å².